The third kappa shape index (κ3) is 2.73. The summed E-state index contributed by atoms with van der Waals surface area (Å²) in [5, 5.41) is 0. The lowest BCUT2D eigenvalue weighted by atomic mass is 10.3. The van der Waals surface area contributed by atoms with Gasteiger partial charge in [-0.25, -0.2) is 14.4 Å². The van der Waals surface area contributed by atoms with Crippen molar-refractivity contribution in [2.45, 2.75) is 0 Å². The van der Waals surface area contributed by atoms with Gasteiger partial charge in [-0.2, -0.15) is 0 Å². The molecule has 92 valence electrons. The van der Waals surface area contributed by atoms with Gasteiger partial charge in [0.2, 0.25) is 0 Å². The summed E-state index contributed by atoms with van der Waals surface area (Å²) in [6, 6.07) is 7.43. The highest BCUT2D eigenvalue weighted by Crippen LogP contribution is 2.25. The number of halogens is 1. The number of rotatable bonds is 3. The van der Waals surface area contributed by atoms with Crippen molar-refractivity contribution in [1.29, 1.82) is 0 Å². The van der Waals surface area contributed by atoms with E-state index in [9.17, 15) is 4.39 Å². The molecule has 0 saturated carbocycles. The van der Waals surface area contributed by atoms with E-state index in [0.29, 0.717) is 17.3 Å². The smallest absolute Gasteiger partial charge is 0.157 e. The topological polar surface area (TPSA) is 86.5 Å². The van der Waals surface area contributed by atoms with E-state index in [4.69, 9.17) is 16.2 Å². The summed E-state index contributed by atoms with van der Waals surface area (Å²) >= 11 is 0. The molecule has 0 bridgehead atoms. The first-order chi connectivity index (χ1) is 8.69. The standard InChI is InChI=1S/C12H11FN4O/c13-10-5-8(1-2-11(10)15)18-9-3-4-16-12(6-9)17-7-14/h1-7H,15H2,(H2,14,16,17). The maximum Gasteiger partial charge on any atom is 0.157 e. The lowest BCUT2D eigenvalue weighted by Crippen LogP contribution is -1.92. The van der Waals surface area contributed by atoms with Gasteiger partial charge in [0.1, 0.15) is 17.3 Å². The van der Waals surface area contributed by atoms with Crippen LogP contribution in [0.2, 0.25) is 0 Å². The fourth-order valence-corrected chi connectivity index (χ4v) is 1.32. The number of benzene rings is 1. The van der Waals surface area contributed by atoms with Gasteiger partial charge >= 0.3 is 0 Å². The van der Waals surface area contributed by atoms with Crippen LogP contribution in [0.25, 0.3) is 0 Å². The van der Waals surface area contributed by atoms with Gasteiger partial charge in [-0.15, -0.1) is 0 Å². The molecule has 5 nitrogen and oxygen atoms in total. The molecule has 0 aliphatic carbocycles. The second-order valence-corrected chi connectivity index (χ2v) is 3.41. The second kappa shape index (κ2) is 5.13. The molecule has 0 aliphatic rings. The van der Waals surface area contributed by atoms with Crippen molar-refractivity contribution < 1.29 is 9.13 Å². The number of hydrogen-bond acceptors (Lipinski definition) is 4. The number of nitrogens with two attached hydrogens (primary N) is 2. The van der Waals surface area contributed by atoms with Gasteiger partial charge in [-0.3, -0.25) is 0 Å². The van der Waals surface area contributed by atoms with Crippen molar-refractivity contribution in [2.24, 2.45) is 10.7 Å². The van der Waals surface area contributed by atoms with Crippen LogP contribution in [0.3, 0.4) is 0 Å². The summed E-state index contributed by atoms with van der Waals surface area (Å²) in [5.41, 5.74) is 10.6. The Hall–Kier alpha value is -2.63. The van der Waals surface area contributed by atoms with E-state index in [1.54, 1.807) is 18.2 Å². The number of pyridine rings is 1. The summed E-state index contributed by atoms with van der Waals surface area (Å²) in [7, 11) is 0. The zero-order chi connectivity index (χ0) is 13.0. The Morgan fingerprint density at radius 3 is 2.72 bits per heavy atom. The summed E-state index contributed by atoms with van der Waals surface area (Å²) in [6.45, 7) is 0. The number of ether oxygens (including phenoxy) is 1. The molecule has 0 amide bonds. The van der Waals surface area contributed by atoms with Crippen LogP contribution in [-0.4, -0.2) is 11.3 Å². The predicted molar refractivity (Wildman–Crippen MR) is 67.5 cm³/mol. The molecule has 0 unspecified atom stereocenters. The van der Waals surface area contributed by atoms with Gasteiger partial charge < -0.3 is 16.2 Å². The average molecular weight is 246 g/mol. The molecule has 0 spiro atoms. The Morgan fingerprint density at radius 1 is 1.22 bits per heavy atom. The monoisotopic (exact) mass is 246 g/mol. The maximum atomic E-state index is 13.2. The van der Waals surface area contributed by atoms with Gasteiger partial charge in [0.05, 0.1) is 12.0 Å². The first kappa shape index (κ1) is 11.8. The van der Waals surface area contributed by atoms with Crippen LogP contribution >= 0.6 is 0 Å². The number of aliphatic imine (C=N–C) groups is 1. The zero-order valence-electron chi connectivity index (χ0n) is 9.38. The van der Waals surface area contributed by atoms with Crippen LogP contribution in [0.4, 0.5) is 15.9 Å². The zero-order valence-corrected chi connectivity index (χ0v) is 9.38. The first-order valence-corrected chi connectivity index (χ1v) is 5.12. The molecular formula is C12H11FN4O. The fourth-order valence-electron chi connectivity index (χ4n) is 1.32. The molecule has 6 heteroatoms. The molecule has 2 rings (SSSR count). The van der Waals surface area contributed by atoms with E-state index in [0.717, 1.165) is 6.34 Å². The number of anilines is 1. The molecule has 1 aromatic carbocycles. The van der Waals surface area contributed by atoms with Crippen LogP contribution in [0, 0.1) is 5.82 Å². The van der Waals surface area contributed by atoms with E-state index in [1.165, 1.54) is 18.3 Å². The minimum absolute atomic E-state index is 0.0745. The fraction of sp³-hybridized carbons (Fsp3) is 0. The Kier molecular flexibility index (Phi) is 3.38. The third-order valence-corrected chi connectivity index (χ3v) is 2.13. The number of aromatic nitrogens is 1. The van der Waals surface area contributed by atoms with E-state index in [-0.39, 0.29) is 5.69 Å². The molecule has 0 aliphatic heterocycles. The molecule has 1 aromatic heterocycles. The van der Waals surface area contributed by atoms with Gasteiger partial charge in [0.25, 0.3) is 0 Å². The molecule has 0 fully saturated rings. The highest BCUT2D eigenvalue weighted by atomic mass is 19.1. The molecular weight excluding hydrogens is 235 g/mol. The number of nitrogen functional groups attached to an aromatic ring is 1. The van der Waals surface area contributed by atoms with E-state index in [1.807, 2.05) is 0 Å². The predicted octanol–water partition coefficient (Wildman–Crippen LogP) is 2.21. The molecule has 4 N–H and O–H groups in total. The minimum atomic E-state index is -0.526. The van der Waals surface area contributed by atoms with Crippen molar-refractivity contribution in [3.8, 4) is 11.5 Å². The van der Waals surface area contributed by atoms with E-state index >= 15 is 0 Å². The second-order valence-electron chi connectivity index (χ2n) is 3.41. The number of nitrogens with zero attached hydrogens (tertiary/aromatic N) is 2. The highest BCUT2D eigenvalue weighted by Gasteiger charge is 2.03. The third-order valence-electron chi connectivity index (χ3n) is 2.13. The largest absolute Gasteiger partial charge is 0.457 e. The lowest BCUT2D eigenvalue weighted by Gasteiger charge is -2.06. The van der Waals surface area contributed by atoms with Crippen LogP contribution < -0.4 is 16.2 Å². The molecule has 0 saturated heterocycles. The summed E-state index contributed by atoms with van der Waals surface area (Å²) < 4.78 is 18.7. The maximum absolute atomic E-state index is 13.2. The van der Waals surface area contributed by atoms with Gasteiger partial charge in [-0.1, -0.05) is 0 Å². The Balaban J connectivity index is 2.22. The molecule has 18 heavy (non-hydrogen) atoms. The quantitative estimate of drug-likeness (QED) is 0.494. The molecule has 2 aromatic rings. The summed E-state index contributed by atoms with van der Waals surface area (Å²) in [4.78, 5) is 7.76. The van der Waals surface area contributed by atoms with Gasteiger partial charge in [0.15, 0.2) is 5.82 Å². The lowest BCUT2D eigenvalue weighted by molar-refractivity contribution is 0.477. The van der Waals surface area contributed by atoms with Crippen molar-refractivity contribution in [2.75, 3.05) is 5.73 Å². The van der Waals surface area contributed by atoms with E-state index < -0.39 is 5.82 Å². The normalized spacial score (nSPS) is 10.7. The van der Waals surface area contributed by atoms with Gasteiger partial charge in [-0.05, 0) is 18.2 Å². The summed E-state index contributed by atoms with van der Waals surface area (Å²) in [6.07, 6.45) is 2.65. The highest BCUT2D eigenvalue weighted by molar-refractivity contribution is 5.57. The number of hydrogen-bond donors (Lipinski definition) is 2. The molecule has 0 atom stereocenters. The Labute approximate surface area is 103 Å². The Morgan fingerprint density at radius 2 is 2.00 bits per heavy atom. The van der Waals surface area contributed by atoms with Crippen LogP contribution in [0.15, 0.2) is 41.5 Å². The van der Waals surface area contributed by atoms with Crippen molar-refractivity contribution in [1.82, 2.24) is 4.98 Å². The van der Waals surface area contributed by atoms with Crippen molar-refractivity contribution in [3.63, 3.8) is 0 Å². The minimum Gasteiger partial charge on any atom is -0.457 e. The first-order valence-electron chi connectivity index (χ1n) is 5.12. The van der Waals surface area contributed by atoms with Crippen LogP contribution in [-0.2, 0) is 0 Å². The molecule has 0 radical (unpaired) electrons. The van der Waals surface area contributed by atoms with Crippen molar-refractivity contribution in [3.05, 3.63) is 42.3 Å². The Bertz CT molecular complexity index is 586. The van der Waals surface area contributed by atoms with E-state index in [2.05, 4.69) is 9.98 Å². The SMILES string of the molecule is NC=Nc1cc(Oc2ccc(N)c(F)c2)ccn1. The average Bonchev–Trinajstić information content (AvgIpc) is 2.35. The van der Waals surface area contributed by atoms with Gasteiger partial charge in [0, 0.05) is 18.3 Å². The van der Waals surface area contributed by atoms with Crippen LogP contribution in [0.1, 0.15) is 0 Å². The van der Waals surface area contributed by atoms with Crippen LogP contribution in [0.5, 0.6) is 11.5 Å². The summed E-state index contributed by atoms with van der Waals surface area (Å²) in [5.74, 6) is 0.707. The molecule has 1 heterocycles. The van der Waals surface area contributed by atoms with Crippen molar-refractivity contribution >= 4 is 17.8 Å².